The summed E-state index contributed by atoms with van der Waals surface area (Å²) in [4.78, 5) is 29.1. The lowest BCUT2D eigenvalue weighted by atomic mass is 10.1. The molecule has 2 atom stereocenters. The summed E-state index contributed by atoms with van der Waals surface area (Å²) in [6.07, 6.45) is 1.11. The third-order valence-corrected chi connectivity index (χ3v) is 8.88. The molecule has 220 valence electrons. The molecule has 0 bridgehead atoms. The molecule has 0 saturated heterocycles. The number of aryl methyl sites for hydroxylation is 2. The van der Waals surface area contributed by atoms with Gasteiger partial charge >= 0.3 is 0 Å². The lowest BCUT2D eigenvalue weighted by molar-refractivity contribution is -0.140. The van der Waals surface area contributed by atoms with Gasteiger partial charge < -0.3 is 15.0 Å². The Morgan fingerprint density at radius 3 is 2.07 bits per heavy atom. The minimum atomic E-state index is -4.15. The van der Waals surface area contributed by atoms with Crippen LogP contribution in [0.5, 0.6) is 5.75 Å². The Labute approximate surface area is 244 Å². The smallest absolute Gasteiger partial charge is 0.264 e. The fourth-order valence-electron chi connectivity index (χ4n) is 4.38. The van der Waals surface area contributed by atoms with Crippen LogP contribution < -0.4 is 14.4 Å². The number of methoxy groups -OCH3 is 1. The summed E-state index contributed by atoms with van der Waals surface area (Å²) < 4.78 is 34.4. The number of hydrogen-bond donors (Lipinski definition) is 1. The fourth-order valence-corrected chi connectivity index (χ4v) is 5.79. The zero-order valence-electron chi connectivity index (χ0n) is 24.8. The first-order chi connectivity index (χ1) is 19.5. The molecule has 9 heteroatoms. The number of benzene rings is 3. The van der Waals surface area contributed by atoms with E-state index >= 15 is 0 Å². The van der Waals surface area contributed by atoms with Crippen molar-refractivity contribution in [2.75, 3.05) is 18.0 Å². The number of nitrogens with zero attached hydrogens (tertiary/aromatic N) is 2. The Balaban J connectivity index is 2.07. The molecular formula is C32H41N3O5S. The van der Waals surface area contributed by atoms with Crippen LogP contribution in [-0.4, -0.2) is 50.9 Å². The fraction of sp³-hybridized carbons (Fsp3) is 0.375. The highest BCUT2D eigenvalue weighted by Crippen LogP contribution is 2.28. The minimum absolute atomic E-state index is 0.0605. The van der Waals surface area contributed by atoms with Crippen LogP contribution in [0.2, 0.25) is 0 Å². The molecule has 1 N–H and O–H groups in total. The molecule has 8 nitrogen and oxygen atoms in total. The van der Waals surface area contributed by atoms with Crippen molar-refractivity contribution in [1.82, 2.24) is 10.2 Å². The molecule has 0 radical (unpaired) electrons. The number of sulfonamides is 1. The summed E-state index contributed by atoms with van der Waals surface area (Å²) in [6.45, 7) is 9.24. The standard InChI is InChI=1S/C32H41N3O5S/c1-7-25(5)33-32(37)30(8-2)34(21-26-16-12-23(3)13-17-26)31(36)22-35(27-10-9-11-28(20-27)40-6)41(38,39)29-18-14-24(4)15-19-29/h9-20,25,30H,7-8,21-22H2,1-6H3,(H,33,37)/t25-,30+/m1/s1. The number of anilines is 1. The van der Waals surface area contributed by atoms with Gasteiger partial charge in [-0.3, -0.25) is 13.9 Å². The first-order valence-corrected chi connectivity index (χ1v) is 15.3. The molecular weight excluding hydrogens is 538 g/mol. The SMILES string of the molecule is CC[C@@H](C)NC(=O)[C@H](CC)N(Cc1ccc(C)cc1)C(=O)CN(c1cccc(OC)c1)S(=O)(=O)c1ccc(C)cc1. The van der Waals surface area contributed by atoms with E-state index in [9.17, 15) is 18.0 Å². The highest BCUT2D eigenvalue weighted by atomic mass is 32.2. The zero-order chi connectivity index (χ0) is 30.2. The van der Waals surface area contributed by atoms with Gasteiger partial charge in [-0.25, -0.2) is 8.42 Å². The van der Waals surface area contributed by atoms with Crippen molar-refractivity contribution in [3.05, 3.63) is 89.5 Å². The third kappa shape index (κ3) is 8.10. The Hall–Kier alpha value is -3.85. The number of nitrogens with one attached hydrogen (secondary N) is 1. The number of carbonyl (C=O) groups is 2. The molecule has 0 aromatic heterocycles. The number of rotatable bonds is 13. The maximum Gasteiger partial charge on any atom is 0.264 e. The van der Waals surface area contributed by atoms with Gasteiger partial charge in [-0.1, -0.05) is 67.4 Å². The van der Waals surface area contributed by atoms with E-state index in [-0.39, 0.29) is 29.1 Å². The van der Waals surface area contributed by atoms with Gasteiger partial charge in [0.2, 0.25) is 11.8 Å². The molecule has 3 rings (SSSR count). The van der Waals surface area contributed by atoms with Gasteiger partial charge in [-0.15, -0.1) is 0 Å². The Morgan fingerprint density at radius 2 is 1.51 bits per heavy atom. The molecule has 3 aromatic rings. The number of ether oxygens (including phenoxy) is 1. The van der Waals surface area contributed by atoms with Crippen LogP contribution in [0, 0.1) is 13.8 Å². The van der Waals surface area contributed by atoms with Gasteiger partial charge in [0.15, 0.2) is 0 Å². The Kier molecular flexibility index (Phi) is 10.9. The second-order valence-corrected chi connectivity index (χ2v) is 12.1. The molecule has 0 aliphatic carbocycles. The predicted octanol–water partition coefficient (Wildman–Crippen LogP) is 5.23. The van der Waals surface area contributed by atoms with Crippen molar-refractivity contribution < 1.29 is 22.7 Å². The Morgan fingerprint density at radius 1 is 0.902 bits per heavy atom. The summed E-state index contributed by atoms with van der Waals surface area (Å²) in [7, 11) is -2.65. The average molecular weight is 580 g/mol. The van der Waals surface area contributed by atoms with E-state index in [1.54, 1.807) is 36.4 Å². The topological polar surface area (TPSA) is 96.0 Å². The summed E-state index contributed by atoms with van der Waals surface area (Å²) in [5.41, 5.74) is 3.11. The molecule has 0 aliphatic rings. The molecule has 0 fully saturated rings. The van der Waals surface area contributed by atoms with Crippen molar-refractivity contribution in [3.8, 4) is 5.75 Å². The van der Waals surface area contributed by atoms with Crippen LogP contribution >= 0.6 is 0 Å². The van der Waals surface area contributed by atoms with Crippen LogP contribution in [0.4, 0.5) is 5.69 Å². The van der Waals surface area contributed by atoms with Crippen molar-refractivity contribution in [1.29, 1.82) is 0 Å². The van der Waals surface area contributed by atoms with E-state index in [2.05, 4.69) is 5.32 Å². The molecule has 41 heavy (non-hydrogen) atoms. The molecule has 0 spiro atoms. The molecule has 3 aromatic carbocycles. The predicted molar refractivity (Wildman–Crippen MR) is 162 cm³/mol. The number of amides is 2. The van der Waals surface area contributed by atoms with Crippen molar-refractivity contribution in [2.24, 2.45) is 0 Å². The number of carbonyl (C=O) groups excluding carboxylic acids is 2. The second kappa shape index (κ2) is 14.2. The first-order valence-electron chi connectivity index (χ1n) is 13.9. The van der Waals surface area contributed by atoms with Crippen LogP contribution in [-0.2, 0) is 26.2 Å². The maximum absolute atomic E-state index is 14.2. The second-order valence-electron chi connectivity index (χ2n) is 10.3. The van der Waals surface area contributed by atoms with Gasteiger partial charge in [0, 0.05) is 18.7 Å². The van der Waals surface area contributed by atoms with E-state index < -0.39 is 28.5 Å². The van der Waals surface area contributed by atoms with Crippen molar-refractivity contribution >= 4 is 27.5 Å². The normalized spacial score (nSPS) is 12.7. The van der Waals surface area contributed by atoms with Crippen LogP contribution in [0.15, 0.2) is 77.7 Å². The molecule has 0 heterocycles. The van der Waals surface area contributed by atoms with E-state index in [1.165, 1.54) is 24.1 Å². The van der Waals surface area contributed by atoms with Crippen LogP contribution in [0.1, 0.15) is 50.3 Å². The molecule has 0 aliphatic heterocycles. The summed E-state index contributed by atoms with van der Waals surface area (Å²) in [6, 6.07) is 19.9. The molecule has 2 amide bonds. The van der Waals surface area contributed by atoms with Gasteiger partial charge in [0.25, 0.3) is 10.0 Å². The molecule has 0 unspecified atom stereocenters. The van der Waals surface area contributed by atoms with E-state index in [1.807, 2.05) is 58.9 Å². The lowest BCUT2D eigenvalue weighted by Gasteiger charge is -2.33. The van der Waals surface area contributed by atoms with Crippen molar-refractivity contribution in [2.45, 2.75) is 71.0 Å². The van der Waals surface area contributed by atoms with E-state index in [0.29, 0.717) is 12.2 Å². The minimum Gasteiger partial charge on any atom is -0.497 e. The van der Waals surface area contributed by atoms with Crippen LogP contribution in [0.25, 0.3) is 0 Å². The molecule has 0 saturated carbocycles. The van der Waals surface area contributed by atoms with Crippen molar-refractivity contribution in [3.63, 3.8) is 0 Å². The largest absolute Gasteiger partial charge is 0.497 e. The van der Waals surface area contributed by atoms with Gasteiger partial charge in [-0.2, -0.15) is 0 Å². The number of hydrogen-bond acceptors (Lipinski definition) is 5. The van der Waals surface area contributed by atoms with Gasteiger partial charge in [0.1, 0.15) is 18.3 Å². The zero-order valence-corrected chi connectivity index (χ0v) is 25.6. The quantitative estimate of drug-likeness (QED) is 0.299. The summed E-state index contributed by atoms with van der Waals surface area (Å²) >= 11 is 0. The first kappa shape index (κ1) is 31.7. The highest BCUT2D eigenvalue weighted by Gasteiger charge is 2.34. The van der Waals surface area contributed by atoms with Gasteiger partial charge in [0.05, 0.1) is 17.7 Å². The third-order valence-electron chi connectivity index (χ3n) is 7.09. The maximum atomic E-state index is 14.2. The Bertz CT molecular complexity index is 1420. The van der Waals surface area contributed by atoms with Gasteiger partial charge in [-0.05, 0) is 63.4 Å². The average Bonchev–Trinajstić information content (AvgIpc) is 2.96. The summed E-state index contributed by atoms with van der Waals surface area (Å²) in [5.74, 6) is -0.304. The summed E-state index contributed by atoms with van der Waals surface area (Å²) in [5, 5.41) is 2.99. The highest BCUT2D eigenvalue weighted by molar-refractivity contribution is 7.92. The van der Waals surface area contributed by atoms with E-state index in [4.69, 9.17) is 4.74 Å². The van der Waals surface area contributed by atoms with Crippen LogP contribution in [0.3, 0.4) is 0 Å². The lowest BCUT2D eigenvalue weighted by Crippen LogP contribution is -2.53. The monoisotopic (exact) mass is 579 g/mol. The van der Waals surface area contributed by atoms with E-state index in [0.717, 1.165) is 27.4 Å².